The van der Waals surface area contributed by atoms with Crippen molar-refractivity contribution in [3.05, 3.63) is 270 Å². The second-order valence-electron chi connectivity index (χ2n) is 16.8. The lowest BCUT2D eigenvalue weighted by molar-refractivity contribution is 0.601. The molecule has 0 fully saturated rings. The number of anilines is 5. The van der Waals surface area contributed by atoms with Crippen LogP contribution in [-0.4, -0.2) is 0 Å². The molecule has 0 saturated heterocycles. The van der Waals surface area contributed by atoms with E-state index < -0.39 is 5.41 Å². The van der Waals surface area contributed by atoms with Crippen molar-refractivity contribution in [1.29, 1.82) is 0 Å². The van der Waals surface area contributed by atoms with Crippen LogP contribution in [0.4, 0.5) is 28.4 Å². The van der Waals surface area contributed by atoms with E-state index in [4.69, 9.17) is 0 Å². The van der Waals surface area contributed by atoms with Crippen LogP contribution in [-0.2, 0) is 5.41 Å². The monoisotopic (exact) mass is 776 g/mol. The highest BCUT2D eigenvalue weighted by Gasteiger charge is 2.51. The van der Waals surface area contributed by atoms with E-state index in [1.54, 1.807) is 0 Å². The predicted molar refractivity (Wildman–Crippen MR) is 252 cm³/mol. The van der Waals surface area contributed by atoms with Crippen molar-refractivity contribution in [2.45, 2.75) is 11.3 Å². The topological polar surface area (TPSA) is 6.48 Å². The Kier molecular flexibility index (Phi) is 7.38. The van der Waals surface area contributed by atoms with Gasteiger partial charge >= 0.3 is 0 Å². The highest BCUT2D eigenvalue weighted by atomic mass is 15.2. The fraction of sp³-hybridized carbons (Fsp3) is 0.0508. The van der Waals surface area contributed by atoms with Gasteiger partial charge in [-0.15, -0.1) is 0 Å². The molecule has 0 amide bonds. The molecule has 0 N–H and O–H groups in total. The van der Waals surface area contributed by atoms with Gasteiger partial charge in [-0.25, -0.2) is 0 Å². The summed E-state index contributed by atoms with van der Waals surface area (Å²) in [6.07, 6.45) is 13.7. The maximum atomic E-state index is 2.49. The molecule has 1 aliphatic heterocycles. The molecule has 13 rings (SSSR count). The molecule has 286 valence electrons. The van der Waals surface area contributed by atoms with Crippen LogP contribution in [0.2, 0.25) is 0 Å². The van der Waals surface area contributed by atoms with Gasteiger partial charge in [0.25, 0.3) is 0 Å². The van der Waals surface area contributed by atoms with Crippen LogP contribution in [0.25, 0.3) is 33.4 Å². The van der Waals surface area contributed by atoms with Crippen molar-refractivity contribution in [2.75, 3.05) is 9.80 Å². The molecule has 2 atom stereocenters. The normalized spacial score (nSPS) is 17.7. The molecule has 0 radical (unpaired) electrons. The number of benzene rings is 8. The number of rotatable bonds is 5. The van der Waals surface area contributed by atoms with Gasteiger partial charge < -0.3 is 9.80 Å². The number of allylic oxidation sites excluding steroid dienone is 7. The van der Waals surface area contributed by atoms with E-state index in [1.807, 2.05) is 0 Å². The first-order chi connectivity index (χ1) is 30.3. The van der Waals surface area contributed by atoms with Gasteiger partial charge in [0.1, 0.15) is 0 Å². The minimum atomic E-state index is -0.405. The molecule has 2 nitrogen and oxygen atoms in total. The zero-order valence-corrected chi connectivity index (χ0v) is 33.5. The highest BCUT2D eigenvalue weighted by molar-refractivity contribution is 5.96. The smallest absolute Gasteiger partial charge is 0.0726 e. The average molecular weight is 777 g/mol. The van der Waals surface area contributed by atoms with Crippen LogP contribution in [0.3, 0.4) is 0 Å². The number of fused-ring (bicyclic) bond motifs is 12. The Morgan fingerprint density at radius 3 is 1.80 bits per heavy atom. The Morgan fingerprint density at radius 2 is 1.07 bits per heavy atom. The van der Waals surface area contributed by atoms with Gasteiger partial charge in [-0.2, -0.15) is 0 Å². The molecule has 1 heterocycles. The van der Waals surface area contributed by atoms with Gasteiger partial charge in [0.05, 0.1) is 5.41 Å². The molecule has 61 heavy (non-hydrogen) atoms. The van der Waals surface area contributed by atoms with Gasteiger partial charge in [0.15, 0.2) is 0 Å². The lowest BCUT2D eigenvalue weighted by Gasteiger charge is -2.45. The molecule has 8 aromatic carbocycles. The summed E-state index contributed by atoms with van der Waals surface area (Å²) >= 11 is 0. The van der Waals surface area contributed by atoms with E-state index in [0.29, 0.717) is 11.8 Å². The predicted octanol–water partition coefficient (Wildman–Crippen LogP) is 15.0. The third kappa shape index (κ3) is 4.85. The molecule has 2 unspecified atom stereocenters. The largest absolute Gasteiger partial charge is 0.313 e. The summed E-state index contributed by atoms with van der Waals surface area (Å²) in [7, 11) is 0. The Hall–Kier alpha value is -7.68. The van der Waals surface area contributed by atoms with Crippen molar-refractivity contribution < 1.29 is 0 Å². The Morgan fingerprint density at radius 1 is 0.443 bits per heavy atom. The minimum Gasteiger partial charge on any atom is -0.313 e. The summed E-state index contributed by atoms with van der Waals surface area (Å²) in [5.41, 5.74) is 22.5. The van der Waals surface area contributed by atoms with Gasteiger partial charge in [0.2, 0.25) is 0 Å². The number of hydrogen-bond donors (Lipinski definition) is 0. The van der Waals surface area contributed by atoms with Gasteiger partial charge in [-0.1, -0.05) is 170 Å². The molecular formula is C59H40N2. The molecule has 1 spiro atoms. The standard InChI is InChI=1S/C59H40N2/c1-2-18-42(19-3-1)60(45-35-36-49-48-23-6-10-28-54(48)59(55(49)38-45)52-26-8-4-21-46(52)47-22-5-9-27-53(47)59)43-33-31-39(32-34-43)41-17-12-20-44(37-41)61-56-29-11-7-24-50(56)51-25-13-15-40-16-14-30-57(61)58(40)51/h1-38,51,58H. The SMILES string of the molecule is C1=CC2=CC=CC3c4ccccc4N(c4cccc(-c5ccc(N(c6ccccc6)c6ccc7c(c6)C6(c8ccccc8-c8ccccc86)c6ccccc6-7)cc5)c4)C(=C1)C23. The van der Waals surface area contributed by atoms with E-state index >= 15 is 0 Å². The Bertz CT molecular complexity index is 3150. The first-order valence-corrected chi connectivity index (χ1v) is 21.4. The van der Waals surface area contributed by atoms with Crippen LogP contribution < -0.4 is 9.80 Å². The summed E-state index contributed by atoms with van der Waals surface area (Å²) in [5, 5.41) is 0. The van der Waals surface area contributed by atoms with Gasteiger partial charge in [-0.05, 0) is 127 Å². The molecule has 0 saturated carbocycles. The van der Waals surface area contributed by atoms with Crippen molar-refractivity contribution in [3.8, 4) is 33.4 Å². The molecular weight excluding hydrogens is 737 g/mol. The van der Waals surface area contributed by atoms with Crippen molar-refractivity contribution in [2.24, 2.45) is 5.92 Å². The molecule has 0 aromatic heterocycles. The average Bonchev–Trinajstić information content (AvgIpc) is 3.80. The fourth-order valence-electron chi connectivity index (χ4n) is 11.4. The third-order valence-electron chi connectivity index (χ3n) is 13.8. The van der Waals surface area contributed by atoms with E-state index in [2.05, 4.69) is 240 Å². The summed E-state index contributed by atoms with van der Waals surface area (Å²) in [5.74, 6) is 0.640. The molecule has 2 heteroatoms. The number of hydrogen-bond acceptors (Lipinski definition) is 2. The third-order valence-corrected chi connectivity index (χ3v) is 13.8. The lowest BCUT2D eigenvalue weighted by atomic mass is 9.70. The summed E-state index contributed by atoms with van der Waals surface area (Å²) in [4.78, 5) is 4.90. The van der Waals surface area contributed by atoms with Crippen LogP contribution >= 0.6 is 0 Å². The fourth-order valence-corrected chi connectivity index (χ4v) is 11.4. The van der Waals surface area contributed by atoms with Crippen molar-refractivity contribution >= 4 is 28.4 Å². The molecule has 8 aromatic rings. The zero-order valence-electron chi connectivity index (χ0n) is 33.5. The van der Waals surface area contributed by atoms with Gasteiger partial charge in [-0.3, -0.25) is 0 Å². The first kappa shape index (κ1) is 34.2. The van der Waals surface area contributed by atoms with Crippen molar-refractivity contribution in [1.82, 2.24) is 0 Å². The second kappa shape index (κ2) is 13.2. The number of para-hydroxylation sites is 2. The first-order valence-electron chi connectivity index (χ1n) is 21.4. The van der Waals surface area contributed by atoms with Crippen LogP contribution in [0, 0.1) is 5.92 Å². The zero-order chi connectivity index (χ0) is 40.1. The van der Waals surface area contributed by atoms with E-state index in [-0.39, 0.29) is 0 Å². The lowest BCUT2D eigenvalue weighted by Crippen LogP contribution is -2.34. The molecule has 0 bridgehead atoms. The highest BCUT2D eigenvalue weighted by Crippen LogP contribution is 2.63. The van der Waals surface area contributed by atoms with Crippen LogP contribution in [0.15, 0.2) is 242 Å². The summed E-state index contributed by atoms with van der Waals surface area (Å²) < 4.78 is 0. The summed E-state index contributed by atoms with van der Waals surface area (Å²) in [6.45, 7) is 0. The van der Waals surface area contributed by atoms with Gasteiger partial charge in [0, 0.05) is 46.0 Å². The molecule has 5 aliphatic rings. The quantitative estimate of drug-likeness (QED) is 0.172. The molecule has 4 aliphatic carbocycles. The van der Waals surface area contributed by atoms with Crippen LogP contribution in [0.5, 0.6) is 0 Å². The second-order valence-corrected chi connectivity index (χ2v) is 16.8. The maximum absolute atomic E-state index is 2.49. The van der Waals surface area contributed by atoms with E-state index in [1.165, 1.54) is 83.8 Å². The Balaban J connectivity index is 0.920. The number of nitrogens with zero attached hydrogens (tertiary/aromatic N) is 2. The van der Waals surface area contributed by atoms with Crippen molar-refractivity contribution in [3.63, 3.8) is 0 Å². The Labute approximate surface area is 357 Å². The maximum Gasteiger partial charge on any atom is 0.0726 e. The van der Waals surface area contributed by atoms with Crippen LogP contribution in [0.1, 0.15) is 33.7 Å². The van der Waals surface area contributed by atoms with E-state index in [0.717, 1.165) is 17.1 Å². The summed E-state index contributed by atoms with van der Waals surface area (Å²) in [6, 6.07) is 72.2. The minimum absolute atomic E-state index is 0.304. The van der Waals surface area contributed by atoms with E-state index in [9.17, 15) is 0 Å².